The first-order chi connectivity index (χ1) is 6.77. The number of benzene rings is 1. The van der Waals surface area contributed by atoms with E-state index in [-0.39, 0.29) is 11.9 Å². The molecule has 1 aromatic rings. The summed E-state index contributed by atoms with van der Waals surface area (Å²) >= 11 is 0. The molecule has 1 aromatic carbocycles. The number of aromatic hydroxyl groups is 1. The summed E-state index contributed by atoms with van der Waals surface area (Å²) in [5, 5.41) is 12.6. The Morgan fingerprint density at radius 1 is 1.43 bits per heavy atom. The fourth-order valence-corrected chi connectivity index (χ4v) is 1.46. The second-order valence-electron chi connectivity index (χ2n) is 3.36. The van der Waals surface area contributed by atoms with E-state index in [1.54, 1.807) is 18.2 Å². The van der Waals surface area contributed by atoms with Crippen molar-refractivity contribution in [2.45, 2.75) is 6.10 Å². The van der Waals surface area contributed by atoms with E-state index in [1.165, 1.54) is 0 Å². The molecule has 0 unspecified atom stereocenters. The zero-order valence-electron chi connectivity index (χ0n) is 7.86. The average Bonchev–Trinajstić information content (AvgIpc) is 2.56. The Morgan fingerprint density at radius 3 is 2.86 bits per heavy atom. The molecule has 3 nitrogen and oxygen atoms in total. The van der Waals surface area contributed by atoms with Gasteiger partial charge in [-0.05, 0) is 17.7 Å². The number of ether oxygens (including phenoxy) is 1. The zero-order valence-corrected chi connectivity index (χ0v) is 7.86. The Kier molecular flexibility index (Phi) is 2.41. The third-order valence-corrected chi connectivity index (χ3v) is 2.27. The molecule has 0 spiro atoms. The van der Waals surface area contributed by atoms with Crippen LogP contribution in [0.1, 0.15) is 0 Å². The van der Waals surface area contributed by atoms with Gasteiger partial charge in [-0.15, -0.1) is 0 Å². The highest BCUT2D eigenvalue weighted by Crippen LogP contribution is 2.27. The second kappa shape index (κ2) is 3.72. The van der Waals surface area contributed by atoms with E-state index in [0.29, 0.717) is 5.75 Å². The topological polar surface area (TPSA) is 41.5 Å². The Morgan fingerprint density at radius 2 is 2.21 bits per heavy atom. The van der Waals surface area contributed by atoms with Gasteiger partial charge in [0.25, 0.3) is 0 Å². The lowest BCUT2D eigenvalue weighted by Crippen LogP contribution is -2.20. The third-order valence-electron chi connectivity index (χ3n) is 2.27. The molecule has 2 rings (SSSR count). The van der Waals surface area contributed by atoms with Gasteiger partial charge in [-0.2, -0.15) is 0 Å². The first-order valence-corrected chi connectivity index (χ1v) is 4.60. The highest BCUT2D eigenvalue weighted by molar-refractivity contribution is 5.38. The van der Waals surface area contributed by atoms with E-state index in [9.17, 15) is 5.11 Å². The zero-order chi connectivity index (χ0) is 9.97. The number of rotatable bonds is 2. The molecule has 0 aliphatic carbocycles. The molecule has 2 N–H and O–H groups in total. The summed E-state index contributed by atoms with van der Waals surface area (Å²) in [6.07, 6.45) is -0.0247. The van der Waals surface area contributed by atoms with E-state index in [4.69, 9.17) is 4.74 Å². The van der Waals surface area contributed by atoms with E-state index in [2.05, 4.69) is 11.9 Å². The van der Waals surface area contributed by atoms with Crippen molar-refractivity contribution in [2.24, 2.45) is 0 Å². The molecule has 1 aliphatic heterocycles. The molecule has 0 radical (unpaired) electrons. The van der Waals surface area contributed by atoms with Crippen LogP contribution in [0.3, 0.4) is 0 Å². The van der Waals surface area contributed by atoms with Crippen LogP contribution >= 0.6 is 0 Å². The van der Waals surface area contributed by atoms with Gasteiger partial charge in [-0.1, -0.05) is 18.7 Å². The fraction of sp³-hybridized carbons (Fsp3) is 0.273. The monoisotopic (exact) mass is 191 g/mol. The molecule has 1 saturated heterocycles. The van der Waals surface area contributed by atoms with Crippen LogP contribution in [-0.2, 0) is 0 Å². The van der Waals surface area contributed by atoms with Crippen molar-refractivity contribution in [3.05, 3.63) is 36.4 Å². The molecule has 0 amide bonds. The molecule has 1 aliphatic rings. The van der Waals surface area contributed by atoms with Crippen LogP contribution < -0.4 is 10.1 Å². The van der Waals surface area contributed by atoms with Gasteiger partial charge in [-0.25, -0.2) is 0 Å². The maximum atomic E-state index is 9.48. The van der Waals surface area contributed by atoms with Gasteiger partial charge in [0.15, 0.2) is 11.5 Å². The van der Waals surface area contributed by atoms with Gasteiger partial charge < -0.3 is 15.2 Å². The molecule has 3 heteroatoms. The van der Waals surface area contributed by atoms with Crippen molar-refractivity contribution in [3.63, 3.8) is 0 Å². The standard InChI is InChI=1S/C11H13NO2/c1-8-6-12-7-11(8)14-10-5-3-2-4-9(10)13/h2-5,11-13H,1,6-7H2/t11-/m0/s1. The Bertz CT molecular complexity index is 349. The first-order valence-electron chi connectivity index (χ1n) is 4.60. The minimum Gasteiger partial charge on any atom is -0.504 e. The van der Waals surface area contributed by atoms with Crippen LogP contribution in [0.4, 0.5) is 0 Å². The average molecular weight is 191 g/mol. The maximum Gasteiger partial charge on any atom is 0.161 e. The van der Waals surface area contributed by atoms with E-state index < -0.39 is 0 Å². The van der Waals surface area contributed by atoms with Gasteiger partial charge in [-0.3, -0.25) is 0 Å². The van der Waals surface area contributed by atoms with Crippen LogP contribution in [-0.4, -0.2) is 24.3 Å². The van der Waals surface area contributed by atoms with Gasteiger partial charge in [0.2, 0.25) is 0 Å². The van der Waals surface area contributed by atoms with Gasteiger partial charge in [0, 0.05) is 13.1 Å². The molecule has 1 heterocycles. The Balaban J connectivity index is 2.10. The summed E-state index contributed by atoms with van der Waals surface area (Å²) in [5.74, 6) is 0.689. The normalized spacial score (nSPS) is 21.1. The van der Waals surface area contributed by atoms with E-state index >= 15 is 0 Å². The van der Waals surface area contributed by atoms with Crippen molar-refractivity contribution in [2.75, 3.05) is 13.1 Å². The van der Waals surface area contributed by atoms with Gasteiger partial charge in [0.1, 0.15) is 6.10 Å². The summed E-state index contributed by atoms with van der Waals surface area (Å²) in [6.45, 7) is 5.44. The molecule has 0 aromatic heterocycles. The smallest absolute Gasteiger partial charge is 0.161 e. The predicted octanol–water partition coefficient (Wildman–Crippen LogP) is 1.30. The van der Waals surface area contributed by atoms with Crippen molar-refractivity contribution >= 4 is 0 Å². The van der Waals surface area contributed by atoms with Crippen LogP contribution in [0.5, 0.6) is 11.5 Å². The lowest BCUT2D eigenvalue weighted by molar-refractivity contribution is 0.244. The minimum atomic E-state index is -0.0247. The maximum absolute atomic E-state index is 9.48. The van der Waals surface area contributed by atoms with Crippen molar-refractivity contribution in [3.8, 4) is 11.5 Å². The Hall–Kier alpha value is -1.48. The number of hydrogen-bond donors (Lipinski definition) is 2. The van der Waals surface area contributed by atoms with Crippen LogP contribution in [0, 0.1) is 0 Å². The number of hydrogen-bond acceptors (Lipinski definition) is 3. The molecule has 0 bridgehead atoms. The van der Waals surface area contributed by atoms with Gasteiger partial charge >= 0.3 is 0 Å². The van der Waals surface area contributed by atoms with E-state index in [1.807, 2.05) is 6.07 Å². The predicted molar refractivity (Wildman–Crippen MR) is 54.5 cm³/mol. The number of phenols is 1. The number of phenolic OH excluding ortho intramolecular Hbond substituents is 1. The quantitative estimate of drug-likeness (QED) is 0.692. The third kappa shape index (κ3) is 1.72. The van der Waals surface area contributed by atoms with Crippen molar-refractivity contribution in [1.82, 2.24) is 5.32 Å². The summed E-state index contributed by atoms with van der Waals surface area (Å²) < 4.78 is 5.61. The number of para-hydroxylation sites is 2. The molecule has 0 saturated carbocycles. The molecule has 14 heavy (non-hydrogen) atoms. The Labute approximate surface area is 83.0 Å². The summed E-state index contributed by atoms with van der Waals surface area (Å²) in [6, 6.07) is 6.96. The molecule has 1 atom stereocenters. The van der Waals surface area contributed by atoms with E-state index in [0.717, 1.165) is 18.7 Å². The summed E-state index contributed by atoms with van der Waals surface area (Å²) in [7, 11) is 0. The minimum absolute atomic E-state index is 0.0247. The van der Waals surface area contributed by atoms with Crippen molar-refractivity contribution < 1.29 is 9.84 Å². The SMILES string of the molecule is C=C1CNC[C@@H]1Oc1ccccc1O. The van der Waals surface area contributed by atoms with Gasteiger partial charge in [0.05, 0.1) is 0 Å². The largest absolute Gasteiger partial charge is 0.504 e. The van der Waals surface area contributed by atoms with Crippen LogP contribution in [0.25, 0.3) is 0 Å². The highest BCUT2D eigenvalue weighted by atomic mass is 16.5. The lowest BCUT2D eigenvalue weighted by atomic mass is 10.2. The van der Waals surface area contributed by atoms with Crippen molar-refractivity contribution in [1.29, 1.82) is 0 Å². The second-order valence-corrected chi connectivity index (χ2v) is 3.36. The molecular weight excluding hydrogens is 178 g/mol. The fourth-order valence-electron chi connectivity index (χ4n) is 1.46. The number of nitrogens with one attached hydrogen (secondary N) is 1. The van der Waals surface area contributed by atoms with Crippen LogP contribution in [0.2, 0.25) is 0 Å². The summed E-state index contributed by atoms with van der Waals surface area (Å²) in [5.41, 5.74) is 1.02. The molecule has 74 valence electrons. The molecule has 1 fully saturated rings. The highest BCUT2D eigenvalue weighted by Gasteiger charge is 2.20. The molecular formula is C11H13NO2. The lowest BCUT2D eigenvalue weighted by Gasteiger charge is -2.14. The van der Waals surface area contributed by atoms with Crippen LogP contribution in [0.15, 0.2) is 36.4 Å². The first kappa shape index (κ1) is 9.09. The summed E-state index contributed by atoms with van der Waals surface area (Å²) in [4.78, 5) is 0.